The number of aryl methyl sites for hydroxylation is 1. The van der Waals surface area contributed by atoms with Crippen LogP contribution in [0.3, 0.4) is 0 Å². The number of piperidine rings is 1. The highest BCUT2D eigenvalue weighted by Crippen LogP contribution is 2.24. The van der Waals surface area contributed by atoms with Gasteiger partial charge in [-0.25, -0.2) is 9.50 Å². The molecule has 6 heteroatoms. The summed E-state index contributed by atoms with van der Waals surface area (Å²) in [5.74, 6) is 1.45. The molecule has 1 saturated heterocycles. The van der Waals surface area contributed by atoms with Gasteiger partial charge >= 0.3 is 0 Å². The van der Waals surface area contributed by atoms with Gasteiger partial charge in [-0.2, -0.15) is 10.2 Å². The normalized spacial score (nSPS) is 16.6. The first-order valence-electron chi connectivity index (χ1n) is 7.37. The predicted molar refractivity (Wildman–Crippen MR) is 80.0 cm³/mol. The van der Waals surface area contributed by atoms with Crippen molar-refractivity contribution in [3.05, 3.63) is 36.4 Å². The molecule has 3 aromatic rings. The molecule has 0 spiro atoms. The van der Waals surface area contributed by atoms with E-state index >= 15 is 0 Å². The van der Waals surface area contributed by atoms with Crippen LogP contribution in [0.15, 0.2) is 30.6 Å². The lowest BCUT2D eigenvalue weighted by molar-refractivity contribution is 0.445. The average Bonchev–Trinajstić information content (AvgIpc) is 3.13. The third-order valence-electron chi connectivity index (χ3n) is 4.17. The fourth-order valence-electron chi connectivity index (χ4n) is 2.96. The average molecular weight is 282 g/mol. The van der Waals surface area contributed by atoms with Crippen LogP contribution in [0.2, 0.25) is 0 Å². The van der Waals surface area contributed by atoms with Crippen LogP contribution >= 0.6 is 0 Å². The van der Waals surface area contributed by atoms with Crippen molar-refractivity contribution in [2.45, 2.75) is 18.8 Å². The van der Waals surface area contributed by atoms with E-state index in [-0.39, 0.29) is 0 Å². The van der Waals surface area contributed by atoms with E-state index in [9.17, 15) is 0 Å². The lowest BCUT2D eigenvalue weighted by Crippen LogP contribution is -2.27. The molecule has 6 nitrogen and oxygen atoms in total. The number of pyridine rings is 1. The molecular formula is C15H18N6. The van der Waals surface area contributed by atoms with Gasteiger partial charge in [-0.1, -0.05) is 0 Å². The quantitative estimate of drug-likeness (QED) is 0.775. The monoisotopic (exact) mass is 282 g/mol. The van der Waals surface area contributed by atoms with Gasteiger partial charge in [-0.3, -0.25) is 4.68 Å². The van der Waals surface area contributed by atoms with Crippen molar-refractivity contribution in [2.75, 3.05) is 13.1 Å². The van der Waals surface area contributed by atoms with Crippen LogP contribution in [0.4, 0.5) is 0 Å². The molecule has 1 fully saturated rings. The van der Waals surface area contributed by atoms with Gasteiger partial charge in [0.05, 0.1) is 5.69 Å². The Hall–Kier alpha value is -2.21. The van der Waals surface area contributed by atoms with Crippen molar-refractivity contribution >= 4 is 5.65 Å². The van der Waals surface area contributed by atoms with E-state index in [1.807, 2.05) is 34.6 Å². The van der Waals surface area contributed by atoms with Crippen molar-refractivity contribution in [1.29, 1.82) is 0 Å². The first kappa shape index (κ1) is 12.5. The Labute approximate surface area is 122 Å². The SMILES string of the molecule is Cn1nccc1-c1ccc2nc(C3CCNCC3)nn2c1. The van der Waals surface area contributed by atoms with Crippen LogP contribution < -0.4 is 5.32 Å². The molecule has 1 aliphatic rings. The summed E-state index contributed by atoms with van der Waals surface area (Å²) in [5.41, 5.74) is 3.09. The number of hydrogen-bond acceptors (Lipinski definition) is 4. The Kier molecular flexibility index (Phi) is 2.96. The minimum atomic E-state index is 0.478. The summed E-state index contributed by atoms with van der Waals surface area (Å²) in [6, 6.07) is 6.11. The second kappa shape index (κ2) is 4.96. The molecule has 1 N–H and O–H groups in total. The fourth-order valence-corrected chi connectivity index (χ4v) is 2.96. The van der Waals surface area contributed by atoms with E-state index in [4.69, 9.17) is 0 Å². The van der Waals surface area contributed by atoms with E-state index in [0.29, 0.717) is 5.92 Å². The van der Waals surface area contributed by atoms with Crippen LogP contribution in [0.5, 0.6) is 0 Å². The molecule has 0 aromatic carbocycles. The number of rotatable bonds is 2. The van der Waals surface area contributed by atoms with Crippen molar-refractivity contribution in [2.24, 2.45) is 7.05 Å². The van der Waals surface area contributed by atoms with E-state index in [0.717, 1.165) is 48.7 Å². The van der Waals surface area contributed by atoms with Crippen LogP contribution in [0.25, 0.3) is 16.9 Å². The van der Waals surface area contributed by atoms with Crippen LogP contribution in [-0.4, -0.2) is 37.5 Å². The molecule has 0 unspecified atom stereocenters. The van der Waals surface area contributed by atoms with Gasteiger partial charge in [0.15, 0.2) is 11.5 Å². The smallest absolute Gasteiger partial charge is 0.155 e. The summed E-state index contributed by atoms with van der Waals surface area (Å²) < 4.78 is 3.76. The summed E-state index contributed by atoms with van der Waals surface area (Å²) in [6.07, 6.45) is 6.07. The third kappa shape index (κ3) is 2.21. The number of nitrogens with one attached hydrogen (secondary N) is 1. The van der Waals surface area contributed by atoms with Crippen molar-refractivity contribution in [1.82, 2.24) is 29.7 Å². The molecule has 0 radical (unpaired) electrons. The fraction of sp³-hybridized carbons (Fsp3) is 0.400. The third-order valence-corrected chi connectivity index (χ3v) is 4.17. The zero-order valence-electron chi connectivity index (χ0n) is 12.0. The van der Waals surface area contributed by atoms with Crippen molar-refractivity contribution in [3.63, 3.8) is 0 Å². The lowest BCUT2D eigenvalue weighted by Gasteiger charge is -2.19. The van der Waals surface area contributed by atoms with Gasteiger partial charge in [-0.05, 0) is 44.1 Å². The minimum Gasteiger partial charge on any atom is -0.317 e. The Morgan fingerprint density at radius 2 is 2.05 bits per heavy atom. The summed E-state index contributed by atoms with van der Waals surface area (Å²) in [5, 5.41) is 12.3. The second-order valence-electron chi connectivity index (χ2n) is 5.55. The molecule has 1 aliphatic heterocycles. The molecule has 0 atom stereocenters. The Morgan fingerprint density at radius 3 is 2.81 bits per heavy atom. The molecular weight excluding hydrogens is 264 g/mol. The van der Waals surface area contributed by atoms with Crippen LogP contribution in [0.1, 0.15) is 24.6 Å². The highest BCUT2D eigenvalue weighted by molar-refractivity contribution is 5.60. The maximum absolute atomic E-state index is 4.68. The van der Waals surface area contributed by atoms with E-state index in [1.54, 1.807) is 6.20 Å². The van der Waals surface area contributed by atoms with Crippen molar-refractivity contribution in [3.8, 4) is 11.3 Å². The first-order valence-corrected chi connectivity index (χ1v) is 7.37. The Morgan fingerprint density at radius 1 is 1.19 bits per heavy atom. The van der Waals surface area contributed by atoms with Gasteiger partial charge < -0.3 is 5.32 Å². The number of nitrogens with zero attached hydrogens (tertiary/aromatic N) is 5. The van der Waals surface area contributed by atoms with Gasteiger partial charge in [0.25, 0.3) is 0 Å². The molecule has 21 heavy (non-hydrogen) atoms. The molecule has 0 bridgehead atoms. The van der Waals surface area contributed by atoms with Gasteiger partial charge in [0.1, 0.15) is 0 Å². The summed E-state index contributed by atoms with van der Waals surface area (Å²) >= 11 is 0. The predicted octanol–water partition coefficient (Wildman–Crippen LogP) is 1.60. The van der Waals surface area contributed by atoms with Crippen molar-refractivity contribution < 1.29 is 0 Å². The minimum absolute atomic E-state index is 0.478. The maximum atomic E-state index is 4.68. The zero-order valence-corrected chi connectivity index (χ0v) is 12.0. The van der Waals surface area contributed by atoms with E-state index in [2.05, 4.69) is 26.6 Å². The summed E-state index contributed by atoms with van der Waals surface area (Å²) in [4.78, 5) is 4.68. The zero-order chi connectivity index (χ0) is 14.2. The second-order valence-corrected chi connectivity index (χ2v) is 5.55. The van der Waals surface area contributed by atoms with Crippen LogP contribution in [-0.2, 0) is 7.05 Å². The molecule has 0 amide bonds. The highest BCUT2D eigenvalue weighted by atomic mass is 15.3. The Balaban J connectivity index is 1.73. The van der Waals surface area contributed by atoms with Crippen LogP contribution in [0, 0.1) is 0 Å². The molecule has 0 aliphatic carbocycles. The van der Waals surface area contributed by atoms with Gasteiger partial charge in [0.2, 0.25) is 0 Å². The number of aromatic nitrogens is 5. The van der Waals surface area contributed by atoms with Gasteiger partial charge in [0, 0.05) is 30.9 Å². The maximum Gasteiger partial charge on any atom is 0.155 e. The van der Waals surface area contributed by atoms with E-state index < -0.39 is 0 Å². The summed E-state index contributed by atoms with van der Waals surface area (Å²) in [6.45, 7) is 2.11. The van der Waals surface area contributed by atoms with E-state index in [1.165, 1.54) is 0 Å². The lowest BCUT2D eigenvalue weighted by atomic mass is 9.98. The standard InChI is InChI=1S/C15H18N6/c1-20-13(6-9-17-20)12-2-3-14-18-15(19-21(14)10-12)11-4-7-16-8-5-11/h2-3,6,9-11,16H,4-5,7-8H2,1H3. The Bertz CT molecular complexity index is 765. The first-order chi connectivity index (χ1) is 10.3. The molecule has 108 valence electrons. The molecule has 4 heterocycles. The molecule has 0 saturated carbocycles. The summed E-state index contributed by atoms with van der Waals surface area (Å²) in [7, 11) is 1.95. The molecule has 4 rings (SSSR count). The molecule has 3 aromatic heterocycles. The van der Waals surface area contributed by atoms with Gasteiger partial charge in [-0.15, -0.1) is 0 Å². The topological polar surface area (TPSA) is 60.0 Å². The number of fused-ring (bicyclic) bond motifs is 1. The number of hydrogen-bond donors (Lipinski definition) is 1. The largest absolute Gasteiger partial charge is 0.317 e. The highest BCUT2D eigenvalue weighted by Gasteiger charge is 2.19.